The third kappa shape index (κ3) is 25.5. The molecule has 0 saturated carbocycles. The normalized spacial score (nSPS) is 13.8. The number of nitrogens with one attached hydrogen (secondary N) is 8. The fourth-order valence-electron chi connectivity index (χ4n) is 7.51. The lowest BCUT2D eigenvalue weighted by Crippen LogP contribution is -2.61. The van der Waals surface area contributed by atoms with Gasteiger partial charge in [-0.25, -0.2) is 10.9 Å². The number of H-pyrrole nitrogens is 1. The first-order chi connectivity index (χ1) is 37.4. The molecule has 0 aliphatic carbocycles. The number of para-hydroxylation sites is 1. The molecule has 7 amide bonds. The topological polar surface area (TPSA) is 498 Å². The molecule has 0 bridgehead atoms. The number of aromatic amines is 1. The van der Waals surface area contributed by atoms with Crippen LogP contribution in [0.15, 0.2) is 70.8 Å². The molecule has 422 valence electrons. The summed E-state index contributed by atoms with van der Waals surface area (Å²) in [5, 5.41) is 23.5. The van der Waals surface area contributed by atoms with E-state index in [1.165, 1.54) is 6.92 Å². The Morgan fingerprint density at radius 2 is 1.12 bits per heavy atom. The van der Waals surface area contributed by atoms with Crippen LogP contribution in [0, 0.1) is 0 Å². The van der Waals surface area contributed by atoms with Gasteiger partial charge in [-0.3, -0.25) is 48.3 Å². The Labute approximate surface area is 447 Å². The van der Waals surface area contributed by atoms with E-state index in [4.69, 9.17) is 47.7 Å². The molecule has 0 saturated heterocycles. The van der Waals surface area contributed by atoms with Crippen LogP contribution in [0.4, 0.5) is 0 Å². The van der Waals surface area contributed by atoms with Crippen LogP contribution in [-0.2, 0) is 60.8 Å². The molecule has 2 aromatic carbocycles. The number of aliphatic imine (C=N–C) groups is 2. The number of unbranched alkanes of at least 4 members (excludes halogenated alkanes) is 1. The number of carbonyl (C=O) groups is 10. The summed E-state index contributed by atoms with van der Waals surface area (Å²) in [4.78, 5) is 139. The van der Waals surface area contributed by atoms with Crippen molar-refractivity contribution in [3.8, 4) is 0 Å². The average molecular weight is 1080 g/mol. The van der Waals surface area contributed by atoms with E-state index in [0.29, 0.717) is 30.5 Å². The number of aldehydes is 2. The predicted molar refractivity (Wildman–Crippen MR) is 286 cm³/mol. The van der Waals surface area contributed by atoms with Crippen LogP contribution in [0.1, 0.15) is 85.0 Å². The number of nitrogens with zero attached hydrogens (tertiary/aromatic N) is 2. The summed E-state index contributed by atoms with van der Waals surface area (Å²) in [6.07, 6.45) is -0.726. The van der Waals surface area contributed by atoms with E-state index in [1.54, 1.807) is 42.6 Å². The maximum Gasteiger partial charge on any atom is 0.305 e. The number of primary amides is 2. The van der Waals surface area contributed by atoms with Gasteiger partial charge in [-0.15, -0.1) is 0 Å². The van der Waals surface area contributed by atoms with Crippen molar-refractivity contribution in [2.45, 2.75) is 126 Å². The van der Waals surface area contributed by atoms with Crippen LogP contribution in [0.2, 0.25) is 0 Å². The fourth-order valence-corrected chi connectivity index (χ4v) is 7.51. The number of amides is 7. The number of carboxylic acid groups (broad SMARTS) is 1. The number of nitrogens with two attached hydrogens (primary N) is 7. The lowest BCUT2D eigenvalue weighted by atomic mass is 10.0. The van der Waals surface area contributed by atoms with Crippen LogP contribution >= 0.6 is 0 Å². The summed E-state index contributed by atoms with van der Waals surface area (Å²) in [7, 11) is 0. The van der Waals surface area contributed by atoms with Gasteiger partial charge in [0.15, 0.2) is 11.9 Å². The Kier molecular flexibility index (Phi) is 28.3. The molecule has 0 spiro atoms. The van der Waals surface area contributed by atoms with Crippen molar-refractivity contribution in [2.24, 2.45) is 50.1 Å². The Bertz CT molecular complexity index is 2580. The number of aromatic nitrogens is 1. The molecule has 0 aliphatic rings. The van der Waals surface area contributed by atoms with Gasteiger partial charge in [-0.05, 0) is 82.0 Å². The number of fused-ring (bicyclic) bond motifs is 1. The van der Waals surface area contributed by atoms with Gasteiger partial charge in [0.2, 0.25) is 41.4 Å². The molecular weight excluding hydrogens is 1000 g/mol. The molecule has 23 N–H and O–H groups in total. The average Bonchev–Trinajstić information content (AvgIpc) is 3.79. The van der Waals surface area contributed by atoms with E-state index in [1.807, 2.05) is 18.2 Å². The Morgan fingerprint density at radius 3 is 1.68 bits per heavy atom. The molecule has 3 aromatic rings. The van der Waals surface area contributed by atoms with Crippen molar-refractivity contribution in [1.29, 1.82) is 0 Å². The second kappa shape index (κ2) is 35.7. The van der Waals surface area contributed by atoms with Gasteiger partial charge in [0.25, 0.3) is 0 Å². The minimum atomic E-state index is -1.67. The first-order valence-electron chi connectivity index (χ1n) is 25.6. The number of hydrogen-bond donors (Lipinski definition) is 16. The van der Waals surface area contributed by atoms with Crippen LogP contribution in [0.5, 0.6) is 0 Å². The fraction of sp³-hybridized carbons (Fsp3) is 0.469. The zero-order valence-corrected chi connectivity index (χ0v) is 42.9. The van der Waals surface area contributed by atoms with Gasteiger partial charge < -0.3 is 86.4 Å². The summed E-state index contributed by atoms with van der Waals surface area (Å²) in [5.74, 6) is -7.94. The van der Waals surface area contributed by atoms with E-state index >= 15 is 0 Å². The van der Waals surface area contributed by atoms with Gasteiger partial charge in [-0.2, -0.15) is 0 Å². The number of carboxylic acids is 1. The van der Waals surface area contributed by atoms with E-state index in [0.717, 1.165) is 10.9 Å². The minimum absolute atomic E-state index is 0.0152. The highest BCUT2D eigenvalue weighted by atomic mass is 16.4. The van der Waals surface area contributed by atoms with Crippen molar-refractivity contribution >= 4 is 82.7 Å². The smallest absolute Gasteiger partial charge is 0.305 e. The van der Waals surface area contributed by atoms with E-state index < -0.39 is 109 Å². The summed E-state index contributed by atoms with van der Waals surface area (Å²) in [5.41, 5.74) is 45.7. The SMILES string of the molecule is [2H]C(=O)C(CCC(N)=O)NC(=O)[C@H](CC(=O)O)NN[C@@H](CCCN=C(N)N)C(=O)NC(Cc1ccccc1)C(=O)N[C@@H](CCCN=C(N)N)C(=O)NC(Cc1c[nH]c2ccccc12)C(=O)N[C@@H](CCCCN)C(N)=O.[2H]C(C)=O. The van der Waals surface area contributed by atoms with Gasteiger partial charge in [0.1, 0.15) is 51.5 Å². The number of hydrazine groups is 1. The summed E-state index contributed by atoms with van der Waals surface area (Å²) >= 11 is 0. The number of hydrogen-bond acceptors (Lipinski definition) is 15. The summed E-state index contributed by atoms with van der Waals surface area (Å²) in [6, 6.07) is 5.96. The molecule has 0 radical (unpaired) electrons. The molecule has 28 nitrogen and oxygen atoms in total. The van der Waals surface area contributed by atoms with Crippen LogP contribution in [-0.4, -0.2) is 144 Å². The molecule has 0 aliphatic heterocycles. The van der Waals surface area contributed by atoms with E-state index in [9.17, 15) is 48.3 Å². The molecule has 77 heavy (non-hydrogen) atoms. The van der Waals surface area contributed by atoms with E-state index in [2.05, 4.69) is 52.4 Å². The molecular formula is C49H75N17O11. The Hall–Kier alpha value is -8.50. The number of guanidine groups is 2. The van der Waals surface area contributed by atoms with Gasteiger partial charge in [-0.1, -0.05) is 48.5 Å². The molecule has 1 heterocycles. The van der Waals surface area contributed by atoms with Crippen molar-refractivity contribution < 1.29 is 55.8 Å². The van der Waals surface area contributed by atoms with Crippen molar-refractivity contribution in [3.05, 3.63) is 71.9 Å². The molecule has 28 heteroatoms. The standard InChI is InChI=1S/C47H71N17O10.C2H4O/c48-19-7-6-14-32(40(50)69)59-44(73)36(23-28-25-57-31-13-5-4-12-30(28)31)62-41(70)33(15-8-20-55-46(51)52)60-43(72)35(22-27-10-2-1-3-11-27)61-42(71)34(16-9-21-56-47(53)54)63-64-37(24-39(67)68)45(74)58-29(26-65)17-18-38(49)66;1-2-3/h1-5,10-13,25-26,29,32-37,57,63-64H,6-9,14-24,48H2,(H2,49,66)(H2,50,69)(H,58,74)(H,59,73)(H,60,72)(H,61,71)(H,62,70)(H,67,68)(H4,51,52,55)(H4,53,54,56);2H,1H3/t29?,32-,33-,34-,35?,36?,37-;/m0./s1/i26D;2D. The lowest BCUT2D eigenvalue weighted by Gasteiger charge is -2.28. The molecule has 3 rings (SSSR count). The Balaban J connectivity index is 0.00000514. The zero-order valence-electron chi connectivity index (χ0n) is 44.9. The third-order valence-electron chi connectivity index (χ3n) is 11.4. The summed E-state index contributed by atoms with van der Waals surface area (Å²) in [6.45, 7) is 1.59. The molecule has 7 atom stereocenters. The van der Waals surface area contributed by atoms with Gasteiger partial charge in [0.05, 0.1) is 12.5 Å². The number of carbonyl (C=O) groups excluding carboxylic acids is 9. The van der Waals surface area contributed by atoms with Crippen LogP contribution in [0.3, 0.4) is 0 Å². The first kappa shape index (κ1) is 61.1. The van der Waals surface area contributed by atoms with E-state index in [-0.39, 0.29) is 82.8 Å². The lowest BCUT2D eigenvalue weighted by molar-refractivity contribution is -0.140. The third-order valence-corrected chi connectivity index (χ3v) is 11.4. The predicted octanol–water partition coefficient (Wildman–Crippen LogP) is -3.93. The highest BCUT2D eigenvalue weighted by Gasteiger charge is 2.33. The zero-order chi connectivity index (χ0) is 59.0. The second-order valence-electron chi connectivity index (χ2n) is 17.5. The number of rotatable bonds is 36. The van der Waals surface area contributed by atoms with Crippen LogP contribution in [0.25, 0.3) is 10.9 Å². The number of aliphatic carboxylic acids is 1. The van der Waals surface area contributed by atoms with Gasteiger partial charge in [0, 0.05) is 49.5 Å². The largest absolute Gasteiger partial charge is 0.481 e. The number of benzene rings is 2. The highest BCUT2D eigenvalue weighted by Crippen LogP contribution is 2.20. The minimum Gasteiger partial charge on any atom is -0.481 e. The second-order valence-corrected chi connectivity index (χ2v) is 17.5. The maximum absolute atomic E-state index is 14.6. The summed E-state index contributed by atoms with van der Waals surface area (Å²) < 4.78 is 13.5. The van der Waals surface area contributed by atoms with Gasteiger partial charge >= 0.3 is 5.97 Å². The Morgan fingerprint density at radius 1 is 0.623 bits per heavy atom. The monoisotopic (exact) mass is 1080 g/mol. The highest BCUT2D eigenvalue weighted by molar-refractivity contribution is 5.96. The van der Waals surface area contributed by atoms with Crippen molar-refractivity contribution in [3.63, 3.8) is 0 Å². The van der Waals surface area contributed by atoms with Crippen molar-refractivity contribution in [2.75, 3.05) is 19.6 Å². The molecule has 0 fully saturated rings. The van der Waals surface area contributed by atoms with Crippen molar-refractivity contribution in [1.82, 2.24) is 42.4 Å². The quantitative estimate of drug-likeness (QED) is 0.00869. The maximum atomic E-state index is 14.6. The first-order valence-corrected chi connectivity index (χ1v) is 24.6. The van der Waals surface area contributed by atoms with Crippen LogP contribution < -0.4 is 77.6 Å². The molecule has 1 aromatic heterocycles. The molecule has 3 unspecified atom stereocenters.